The van der Waals surface area contributed by atoms with E-state index >= 15 is 0 Å². The van der Waals surface area contributed by atoms with Gasteiger partial charge in [-0.1, -0.05) is 12.1 Å². The number of carbonyl (C=O) groups is 2. The number of rotatable bonds is 4. The lowest BCUT2D eigenvalue weighted by atomic mass is 10.2. The highest BCUT2D eigenvalue weighted by atomic mass is 16.5. The van der Waals surface area contributed by atoms with Crippen LogP contribution in [0.15, 0.2) is 30.6 Å². The molecule has 0 radical (unpaired) electrons. The quantitative estimate of drug-likeness (QED) is 0.788. The number of esters is 1. The van der Waals surface area contributed by atoms with E-state index in [0.29, 0.717) is 13.1 Å². The number of imidazole rings is 1. The Bertz CT molecular complexity index is 732. The largest absolute Gasteiger partial charge is 0.454 e. The summed E-state index contributed by atoms with van der Waals surface area (Å²) in [4.78, 5) is 30.1. The van der Waals surface area contributed by atoms with Crippen molar-refractivity contribution in [2.24, 2.45) is 0 Å². The Balaban J connectivity index is 1.53. The second-order valence-electron chi connectivity index (χ2n) is 6.08. The van der Waals surface area contributed by atoms with E-state index < -0.39 is 5.97 Å². The van der Waals surface area contributed by atoms with Crippen molar-refractivity contribution in [2.75, 3.05) is 19.7 Å². The van der Waals surface area contributed by atoms with Crippen LogP contribution in [0.3, 0.4) is 0 Å². The fourth-order valence-corrected chi connectivity index (χ4v) is 2.94. The standard InChI is InChI=1S/C17H21N3O4/c1-12-7-19(8-13(2)24-12)16(21)10-23-17(22)9-20-11-18-14-5-3-4-6-15(14)20/h3-6,11-13H,7-10H2,1-2H3. The Labute approximate surface area is 140 Å². The van der Waals surface area contributed by atoms with Crippen LogP contribution in [-0.2, 0) is 25.6 Å². The molecule has 2 unspecified atom stereocenters. The third-order valence-electron chi connectivity index (χ3n) is 3.96. The van der Waals surface area contributed by atoms with Crippen LogP contribution in [0, 0.1) is 0 Å². The van der Waals surface area contributed by atoms with Crippen molar-refractivity contribution in [3.8, 4) is 0 Å². The third-order valence-corrected chi connectivity index (χ3v) is 3.96. The summed E-state index contributed by atoms with van der Waals surface area (Å²) in [7, 11) is 0. The van der Waals surface area contributed by atoms with Gasteiger partial charge in [0.1, 0.15) is 6.54 Å². The molecular weight excluding hydrogens is 310 g/mol. The van der Waals surface area contributed by atoms with Gasteiger partial charge in [-0.25, -0.2) is 4.98 Å². The molecule has 1 amide bonds. The highest BCUT2D eigenvalue weighted by Gasteiger charge is 2.26. The topological polar surface area (TPSA) is 73.7 Å². The molecule has 2 aromatic rings. The van der Waals surface area contributed by atoms with Crippen molar-refractivity contribution in [1.82, 2.24) is 14.5 Å². The van der Waals surface area contributed by atoms with Crippen LogP contribution in [0.4, 0.5) is 0 Å². The zero-order valence-electron chi connectivity index (χ0n) is 13.8. The van der Waals surface area contributed by atoms with Crippen molar-refractivity contribution in [1.29, 1.82) is 0 Å². The normalized spacial score (nSPS) is 21.0. The number of hydrogen-bond acceptors (Lipinski definition) is 5. The lowest BCUT2D eigenvalue weighted by Crippen LogP contribution is -2.49. The lowest BCUT2D eigenvalue weighted by molar-refractivity contribution is -0.157. The van der Waals surface area contributed by atoms with E-state index in [-0.39, 0.29) is 31.3 Å². The van der Waals surface area contributed by atoms with Gasteiger partial charge in [0.05, 0.1) is 29.6 Å². The predicted molar refractivity (Wildman–Crippen MR) is 87.3 cm³/mol. The number of hydrogen-bond donors (Lipinski definition) is 0. The number of benzene rings is 1. The fourth-order valence-electron chi connectivity index (χ4n) is 2.94. The summed E-state index contributed by atoms with van der Waals surface area (Å²) < 4.78 is 12.4. The van der Waals surface area contributed by atoms with Crippen molar-refractivity contribution < 1.29 is 19.1 Å². The van der Waals surface area contributed by atoms with E-state index in [2.05, 4.69) is 4.98 Å². The number of ether oxygens (including phenoxy) is 2. The molecule has 1 aliphatic rings. The lowest BCUT2D eigenvalue weighted by Gasteiger charge is -2.35. The smallest absolute Gasteiger partial charge is 0.326 e. The number of para-hydroxylation sites is 2. The molecule has 2 atom stereocenters. The van der Waals surface area contributed by atoms with Gasteiger partial charge in [-0.2, -0.15) is 0 Å². The van der Waals surface area contributed by atoms with Gasteiger partial charge in [-0.3, -0.25) is 9.59 Å². The van der Waals surface area contributed by atoms with E-state index in [9.17, 15) is 9.59 Å². The summed E-state index contributed by atoms with van der Waals surface area (Å²) in [6, 6.07) is 7.54. The molecule has 3 rings (SSSR count). The molecule has 1 saturated heterocycles. The molecule has 2 heterocycles. The Hall–Kier alpha value is -2.41. The summed E-state index contributed by atoms with van der Waals surface area (Å²) in [6.07, 6.45) is 1.58. The van der Waals surface area contributed by atoms with E-state index in [0.717, 1.165) is 11.0 Å². The Morgan fingerprint density at radius 1 is 1.25 bits per heavy atom. The van der Waals surface area contributed by atoms with Gasteiger partial charge in [0.25, 0.3) is 5.91 Å². The first-order chi connectivity index (χ1) is 11.5. The molecule has 24 heavy (non-hydrogen) atoms. The van der Waals surface area contributed by atoms with Gasteiger partial charge >= 0.3 is 5.97 Å². The van der Waals surface area contributed by atoms with Crippen molar-refractivity contribution in [3.63, 3.8) is 0 Å². The molecule has 128 valence electrons. The summed E-state index contributed by atoms with van der Waals surface area (Å²) in [6.45, 7) is 4.67. The first-order valence-corrected chi connectivity index (χ1v) is 8.01. The molecule has 0 N–H and O–H groups in total. The van der Waals surface area contributed by atoms with Crippen LogP contribution < -0.4 is 0 Å². The second-order valence-corrected chi connectivity index (χ2v) is 6.08. The van der Waals surface area contributed by atoms with Crippen LogP contribution in [0.25, 0.3) is 11.0 Å². The predicted octanol–water partition coefficient (Wildman–Crippen LogP) is 1.22. The van der Waals surface area contributed by atoms with Gasteiger partial charge in [-0.15, -0.1) is 0 Å². The number of aromatic nitrogens is 2. The number of fused-ring (bicyclic) bond motifs is 1. The van der Waals surface area contributed by atoms with E-state index in [1.165, 1.54) is 0 Å². The monoisotopic (exact) mass is 331 g/mol. The highest BCUT2D eigenvalue weighted by molar-refractivity contribution is 5.82. The van der Waals surface area contributed by atoms with Gasteiger partial charge in [0.2, 0.25) is 0 Å². The van der Waals surface area contributed by atoms with Crippen LogP contribution in [0.2, 0.25) is 0 Å². The minimum atomic E-state index is -0.458. The molecule has 0 spiro atoms. The van der Waals surface area contributed by atoms with Crippen molar-refractivity contribution in [2.45, 2.75) is 32.6 Å². The molecule has 0 aliphatic carbocycles. The van der Waals surface area contributed by atoms with Crippen molar-refractivity contribution >= 4 is 22.9 Å². The van der Waals surface area contributed by atoms with E-state index in [1.54, 1.807) is 15.8 Å². The van der Waals surface area contributed by atoms with Gasteiger partial charge in [0, 0.05) is 13.1 Å². The summed E-state index contributed by atoms with van der Waals surface area (Å²) in [5.74, 6) is -0.651. The maximum absolute atomic E-state index is 12.2. The zero-order valence-corrected chi connectivity index (χ0v) is 13.8. The average Bonchev–Trinajstić information content (AvgIpc) is 2.95. The van der Waals surface area contributed by atoms with Gasteiger partial charge in [-0.05, 0) is 26.0 Å². The average molecular weight is 331 g/mol. The first-order valence-electron chi connectivity index (χ1n) is 8.01. The Kier molecular flexibility index (Phi) is 4.80. The first kappa shape index (κ1) is 16.4. The summed E-state index contributed by atoms with van der Waals surface area (Å²) in [5, 5.41) is 0. The summed E-state index contributed by atoms with van der Waals surface area (Å²) in [5.41, 5.74) is 1.68. The minimum absolute atomic E-state index is 0.00860. The van der Waals surface area contributed by atoms with Crippen LogP contribution >= 0.6 is 0 Å². The van der Waals surface area contributed by atoms with E-state index in [4.69, 9.17) is 9.47 Å². The summed E-state index contributed by atoms with van der Waals surface area (Å²) >= 11 is 0. The van der Waals surface area contributed by atoms with Crippen LogP contribution in [0.5, 0.6) is 0 Å². The van der Waals surface area contributed by atoms with Gasteiger partial charge < -0.3 is 18.9 Å². The molecule has 0 saturated carbocycles. The number of carbonyl (C=O) groups excluding carboxylic acids is 2. The molecule has 1 aliphatic heterocycles. The molecule has 1 fully saturated rings. The second kappa shape index (κ2) is 7.00. The molecule has 1 aromatic heterocycles. The molecular formula is C17H21N3O4. The third kappa shape index (κ3) is 3.73. The highest BCUT2D eigenvalue weighted by Crippen LogP contribution is 2.12. The van der Waals surface area contributed by atoms with E-state index in [1.807, 2.05) is 38.1 Å². The Morgan fingerprint density at radius 3 is 2.71 bits per heavy atom. The van der Waals surface area contributed by atoms with Gasteiger partial charge in [0.15, 0.2) is 6.61 Å². The molecule has 0 bridgehead atoms. The SMILES string of the molecule is CC1CN(C(=O)COC(=O)Cn2cnc3ccccc32)CC(C)O1. The fraction of sp³-hybridized carbons (Fsp3) is 0.471. The van der Waals surface area contributed by atoms with Crippen LogP contribution in [-0.4, -0.2) is 58.2 Å². The number of amides is 1. The van der Waals surface area contributed by atoms with Crippen LogP contribution in [0.1, 0.15) is 13.8 Å². The molecule has 7 heteroatoms. The minimum Gasteiger partial charge on any atom is -0.454 e. The Morgan fingerprint density at radius 2 is 1.96 bits per heavy atom. The zero-order chi connectivity index (χ0) is 17.1. The maximum Gasteiger partial charge on any atom is 0.326 e. The molecule has 7 nitrogen and oxygen atoms in total. The number of morpholine rings is 1. The number of nitrogens with zero attached hydrogens (tertiary/aromatic N) is 3. The maximum atomic E-state index is 12.2. The van der Waals surface area contributed by atoms with Crippen molar-refractivity contribution in [3.05, 3.63) is 30.6 Å². The molecule has 1 aromatic carbocycles.